The van der Waals surface area contributed by atoms with Crippen molar-refractivity contribution in [1.29, 1.82) is 0 Å². The summed E-state index contributed by atoms with van der Waals surface area (Å²) in [4.78, 5) is 24.9. The molecule has 2 N–H and O–H groups in total. The second kappa shape index (κ2) is 8.80. The van der Waals surface area contributed by atoms with Crippen LogP contribution in [0.1, 0.15) is 23.2 Å². The molecule has 2 aromatic rings. The molecule has 8 heteroatoms. The van der Waals surface area contributed by atoms with E-state index < -0.39 is 0 Å². The zero-order valence-electron chi connectivity index (χ0n) is 17.8. The van der Waals surface area contributed by atoms with Crippen molar-refractivity contribution in [3.63, 3.8) is 0 Å². The molecule has 2 heterocycles. The second-order valence-electron chi connectivity index (χ2n) is 8.37. The Morgan fingerprint density at radius 2 is 1.53 bits per heavy atom. The molecule has 0 aromatic heterocycles. The molecule has 2 aromatic carbocycles. The van der Waals surface area contributed by atoms with E-state index in [0.717, 1.165) is 18.6 Å². The Kier molecular flexibility index (Phi) is 5.71. The highest BCUT2D eigenvalue weighted by Gasteiger charge is 2.49. The fraction of sp³-hybridized carbons (Fsp3) is 0.417. The van der Waals surface area contributed by atoms with Gasteiger partial charge in [0.25, 0.3) is 5.91 Å². The van der Waals surface area contributed by atoms with Crippen LogP contribution in [0.2, 0.25) is 0 Å². The summed E-state index contributed by atoms with van der Waals surface area (Å²) in [5, 5.41) is 6.04. The van der Waals surface area contributed by atoms with Gasteiger partial charge in [0.05, 0.1) is 32.4 Å². The minimum Gasteiger partial charge on any atom is -0.497 e. The van der Waals surface area contributed by atoms with Gasteiger partial charge in [0, 0.05) is 11.5 Å². The van der Waals surface area contributed by atoms with Crippen LogP contribution in [0.25, 0.3) is 0 Å². The van der Waals surface area contributed by atoms with E-state index in [9.17, 15) is 9.59 Å². The van der Waals surface area contributed by atoms with Crippen molar-refractivity contribution in [3.05, 3.63) is 54.1 Å². The van der Waals surface area contributed by atoms with E-state index in [1.165, 1.54) is 0 Å². The van der Waals surface area contributed by atoms with Crippen molar-refractivity contribution in [3.8, 4) is 17.2 Å². The summed E-state index contributed by atoms with van der Waals surface area (Å²) in [6, 6.07) is 13.8. The standard InChI is InChI=1S/C24H26N2O6/c1-29-16-7-9-17(10-8-16)32-18-4-2-3-15(11-18)24(28)26-20-13-31-21-19(12-30-22(20)21)25-23(27)14-5-6-14/h2-4,7-11,14,19-22H,5-6,12-13H2,1H3,(H,25,27)(H,26,28)/t19-,20?,21?,22?/m0/s1. The number of benzene rings is 2. The molecule has 3 fully saturated rings. The number of carbonyl (C=O) groups excluding carboxylic acids is 2. The number of rotatable bonds is 7. The Morgan fingerprint density at radius 3 is 2.19 bits per heavy atom. The average molecular weight is 438 g/mol. The third-order valence-corrected chi connectivity index (χ3v) is 6.04. The lowest BCUT2D eigenvalue weighted by atomic mass is 10.1. The number of ether oxygens (including phenoxy) is 4. The molecule has 5 rings (SSSR count). The Bertz CT molecular complexity index is 990. The van der Waals surface area contributed by atoms with E-state index in [-0.39, 0.29) is 42.0 Å². The van der Waals surface area contributed by atoms with Gasteiger partial charge in [-0.25, -0.2) is 0 Å². The van der Waals surface area contributed by atoms with Gasteiger partial charge >= 0.3 is 0 Å². The second-order valence-corrected chi connectivity index (χ2v) is 8.37. The fourth-order valence-corrected chi connectivity index (χ4v) is 4.13. The molecule has 8 nitrogen and oxygen atoms in total. The minimum absolute atomic E-state index is 0.0732. The number of hydrogen-bond acceptors (Lipinski definition) is 6. The lowest BCUT2D eigenvalue weighted by Crippen LogP contribution is -2.47. The van der Waals surface area contributed by atoms with Gasteiger partial charge < -0.3 is 29.6 Å². The van der Waals surface area contributed by atoms with Crippen LogP contribution in [-0.4, -0.2) is 56.4 Å². The minimum atomic E-state index is -0.276. The Balaban J connectivity index is 1.19. The Labute approximate surface area is 186 Å². The largest absolute Gasteiger partial charge is 0.497 e. The molecule has 2 aliphatic heterocycles. The van der Waals surface area contributed by atoms with Crippen LogP contribution < -0.4 is 20.1 Å². The summed E-state index contributed by atoms with van der Waals surface area (Å²) < 4.78 is 22.8. The molecule has 3 unspecified atom stereocenters. The highest BCUT2D eigenvalue weighted by Crippen LogP contribution is 2.32. The summed E-state index contributed by atoms with van der Waals surface area (Å²) >= 11 is 0. The number of carbonyl (C=O) groups is 2. The van der Waals surface area contributed by atoms with Gasteiger partial charge in [-0.1, -0.05) is 6.07 Å². The Hall–Kier alpha value is -3.10. The van der Waals surface area contributed by atoms with E-state index in [4.69, 9.17) is 18.9 Å². The fourth-order valence-electron chi connectivity index (χ4n) is 4.13. The number of amides is 2. The maximum atomic E-state index is 12.9. The molecule has 0 radical (unpaired) electrons. The van der Waals surface area contributed by atoms with Crippen molar-refractivity contribution in [2.24, 2.45) is 5.92 Å². The SMILES string of the molecule is COc1ccc(Oc2cccc(C(=O)NC3COC4C3OC[C@@H]4NC(=O)C3CC3)c2)cc1. The van der Waals surface area contributed by atoms with Gasteiger partial charge in [-0.2, -0.15) is 0 Å². The maximum absolute atomic E-state index is 12.9. The van der Waals surface area contributed by atoms with E-state index in [1.807, 2.05) is 12.1 Å². The summed E-state index contributed by atoms with van der Waals surface area (Å²) in [6.45, 7) is 0.740. The van der Waals surface area contributed by atoms with Crippen molar-refractivity contribution in [2.75, 3.05) is 20.3 Å². The molecule has 2 saturated heterocycles. The van der Waals surface area contributed by atoms with E-state index in [0.29, 0.717) is 30.3 Å². The van der Waals surface area contributed by atoms with E-state index >= 15 is 0 Å². The lowest BCUT2D eigenvalue weighted by Gasteiger charge is -2.18. The van der Waals surface area contributed by atoms with Crippen LogP contribution in [0.15, 0.2) is 48.5 Å². The zero-order chi connectivity index (χ0) is 22.1. The summed E-state index contributed by atoms with van der Waals surface area (Å²) in [5.74, 6) is 1.93. The summed E-state index contributed by atoms with van der Waals surface area (Å²) in [6.07, 6.45) is 1.39. The van der Waals surface area contributed by atoms with Crippen molar-refractivity contribution >= 4 is 11.8 Å². The molecule has 0 bridgehead atoms. The summed E-state index contributed by atoms with van der Waals surface area (Å²) in [5.41, 5.74) is 0.482. The molecule has 2 amide bonds. The van der Waals surface area contributed by atoms with Gasteiger partial charge in [0.1, 0.15) is 29.5 Å². The third-order valence-electron chi connectivity index (χ3n) is 6.04. The number of methoxy groups -OCH3 is 1. The van der Waals surface area contributed by atoms with Gasteiger partial charge in [0.15, 0.2) is 0 Å². The van der Waals surface area contributed by atoms with Crippen LogP contribution in [0.5, 0.6) is 17.2 Å². The van der Waals surface area contributed by atoms with Crippen LogP contribution in [-0.2, 0) is 14.3 Å². The van der Waals surface area contributed by atoms with Crippen LogP contribution >= 0.6 is 0 Å². The molecular weight excluding hydrogens is 412 g/mol. The molecule has 4 atom stereocenters. The Morgan fingerprint density at radius 1 is 0.875 bits per heavy atom. The summed E-state index contributed by atoms with van der Waals surface area (Å²) in [7, 11) is 1.61. The van der Waals surface area contributed by atoms with Gasteiger partial charge in [-0.3, -0.25) is 9.59 Å². The van der Waals surface area contributed by atoms with Crippen molar-refractivity contribution in [1.82, 2.24) is 10.6 Å². The first-order chi connectivity index (χ1) is 15.6. The average Bonchev–Trinajstić information content (AvgIpc) is 3.49. The monoisotopic (exact) mass is 438 g/mol. The van der Waals surface area contributed by atoms with Gasteiger partial charge in [-0.15, -0.1) is 0 Å². The maximum Gasteiger partial charge on any atom is 0.251 e. The molecule has 0 spiro atoms. The molecule has 1 aliphatic carbocycles. The smallest absolute Gasteiger partial charge is 0.251 e. The van der Waals surface area contributed by atoms with Crippen molar-refractivity contribution in [2.45, 2.75) is 37.1 Å². The lowest BCUT2D eigenvalue weighted by molar-refractivity contribution is -0.123. The quantitative estimate of drug-likeness (QED) is 0.689. The first-order valence-corrected chi connectivity index (χ1v) is 10.9. The number of hydrogen-bond donors (Lipinski definition) is 2. The molecule has 32 heavy (non-hydrogen) atoms. The molecule has 1 saturated carbocycles. The number of nitrogens with one attached hydrogen (secondary N) is 2. The van der Waals surface area contributed by atoms with Crippen LogP contribution in [0.3, 0.4) is 0 Å². The highest BCUT2D eigenvalue weighted by atomic mass is 16.6. The van der Waals surface area contributed by atoms with Crippen LogP contribution in [0.4, 0.5) is 0 Å². The predicted octanol–water partition coefficient (Wildman–Crippen LogP) is 2.28. The first-order valence-electron chi connectivity index (χ1n) is 10.9. The normalized spacial score (nSPS) is 26.3. The predicted molar refractivity (Wildman–Crippen MR) is 115 cm³/mol. The highest BCUT2D eigenvalue weighted by molar-refractivity contribution is 5.94. The van der Waals surface area contributed by atoms with Gasteiger partial charge in [0.2, 0.25) is 5.91 Å². The third kappa shape index (κ3) is 4.42. The van der Waals surface area contributed by atoms with E-state index in [1.54, 1.807) is 43.5 Å². The van der Waals surface area contributed by atoms with Crippen molar-refractivity contribution < 1.29 is 28.5 Å². The first kappa shape index (κ1) is 20.8. The zero-order valence-corrected chi connectivity index (χ0v) is 17.8. The topological polar surface area (TPSA) is 95.1 Å². The molecule has 168 valence electrons. The molecule has 3 aliphatic rings. The van der Waals surface area contributed by atoms with E-state index in [2.05, 4.69) is 10.6 Å². The van der Waals surface area contributed by atoms with Gasteiger partial charge in [-0.05, 0) is 55.3 Å². The number of fused-ring (bicyclic) bond motifs is 1. The molecular formula is C24H26N2O6. The van der Waals surface area contributed by atoms with Crippen LogP contribution in [0, 0.1) is 5.92 Å².